The first-order valence-corrected chi connectivity index (χ1v) is 10.0. The molecule has 0 saturated heterocycles. The first-order chi connectivity index (χ1) is 14.3. The number of hydrogen-bond donors (Lipinski definition) is 1. The predicted molar refractivity (Wildman–Crippen MR) is 116 cm³/mol. The van der Waals surface area contributed by atoms with Gasteiger partial charge < -0.3 is 5.32 Å². The quantitative estimate of drug-likeness (QED) is 0.510. The number of aromatic nitrogens is 1. The average Bonchev–Trinajstić information content (AvgIpc) is 3.59. The lowest BCUT2D eigenvalue weighted by Gasteiger charge is -2.12. The molecule has 1 amide bonds. The van der Waals surface area contributed by atoms with Crippen molar-refractivity contribution in [1.82, 2.24) is 10.3 Å². The second-order valence-corrected chi connectivity index (χ2v) is 7.64. The van der Waals surface area contributed by atoms with E-state index in [1.165, 1.54) is 16.7 Å². The van der Waals surface area contributed by atoms with Gasteiger partial charge in [-0.25, -0.2) is 0 Å². The van der Waals surface area contributed by atoms with Gasteiger partial charge in [-0.3, -0.25) is 9.78 Å². The van der Waals surface area contributed by atoms with Crippen molar-refractivity contribution in [3.05, 3.63) is 102 Å². The van der Waals surface area contributed by atoms with Crippen LogP contribution in [0.2, 0.25) is 0 Å². The zero-order chi connectivity index (χ0) is 19.6. The highest BCUT2D eigenvalue weighted by Gasteiger charge is 2.43. The van der Waals surface area contributed by atoms with Crippen molar-refractivity contribution in [2.24, 2.45) is 5.92 Å². The van der Waals surface area contributed by atoms with E-state index in [-0.39, 0.29) is 11.8 Å². The first-order valence-electron chi connectivity index (χ1n) is 10.0. The minimum atomic E-state index is 0.0883. The molecule has 2 atom stereocenters. The van der Waals surface area contributed by atoms with Gasteiger partial charge in [-0.05, 0) is 46.0 Å². The van der Waals surface area contributed by atoms with Gasteiger partial charge in [0.2, 0.25) is 5.91 Å². The average molecular weight is 378 g/mol. The van der Waals surface area contributed by atoms with Gasteiger partial charge in [0.05, 0.1) is 0 Å². The van der Waals surface area contributed by atoms with E-state index >= 15 is 0 Å². The lowest BCUT2D eigenvalue weighted by atomic mass is 9.96. The number of hydrogen-bond acceptors (Lipinski definition) is 2. The molecule has 4 aromatic rings. The lowest BCUT2D eigenvalue weighted by molar-refractivity contribution is -0.122. The third-order valence-corrected chi connectivity index (χ3v) is 5.80. The molecule has 0 unspecified atom stereocenters. The van der Waals surface area contributed by atoms with Crippen LogP contribution in [0.25, 0.3) is 21.9 Å². The van der Waals surface area contributed by atoms with E-state index in [2.05, 4.69) is 64.9 Å². The molecule has 0 bridgehead atoms. The van der Waals surface area contributed by atoms with Crippen LogP contribution >= 0.6 is 0 Å². The normalized spacial score (nSPS) is 17.8. The van der Waals surface area contributed by atoms with Crippen LogP contribution in [0, 0.1) is 5.92 Å². The molecule has 5 rings (SSSR count). The summed E-state index contributed by atoms with van der Waals surface area (Å²) in [6.07, 6.45) is 4.66. The van der Waals surface area contributed by atoms with Crippen molar-refractivity contribution in [1.29, 1.82) is 0 Å². The molecule has 1 N–H and O–H groups in total. The van der Waals surface area contributed by atoms with Gasteiger partial charge in [-0.1, -0.05) is 72.8 Å². The molecule has 0 spiro atoms. The summed E-state index contributed by atoms with van der Waals surface area (Å²) in [5.41, 5.74) is 4.72. The van der Waals surface area contributed by atoms with Gasteiger partial charge in [-0.2, -0.15) is 0 Å². The fourth-order valence-electron chi connectivity index (χ4n) is 4.14. The number of rotatable bonds is 5. The van der Waals surface area contributed by atoms with Gasteiger partial charge in [0.1, 0.15) is 0 Å². The molecule has 0 aliphatic heterocycles. The van der Waals surface area contributed by atoms with Crippen LogP contribution in [0.3, 0.4) is 0 Å². The van der Waals surface area contributed by atoms with Crippen molar-refractivity contribution in [2.45, 2.75) is 18.9 Å². The van der Waals surface area contributed by atoms with Gasteiger partial charge in [-0.15, -0.1) is 0 Å². The highest BCUT2D eigenvalue weighted by molar-refractivity contribution is 5.98. The maximum atomic E-state index is 12.7. The van der Waals surface area contributed by atoms with Crippen LogP contribution in [0.4, 0.5) is 0 Å². The minimum absolute atomic E-state index is 0.0883. The molecule has 0 radical (unpaired) electrons. The number of pyridine rings is 1. The van der Waals surface area contributed by atoms with Crippen molar-refractivity contribution in [3.8, 4) is 11.1 Å². The number of fused-ring (bicyclic) bond motifs is 1. The standard InChI is InChI=1S/C26H22N2O/c29-26(24-15-23(24)19-9-5-2-6-10-19)28-16-20-11-12-21(18-7-3-1-4-8-18)22-13-14-27-17-25(20)22/h1-14,17,23-24H,15-16H2,(H,28,29)/t23-,24+/m0/s1. The minimum Gasteiger partial charge on any atom is -0.352 e. The molecule has 3 aromatic carbocycles. The van der Waals surface area contributed by atoms with E-state index in [0.29, 0.717) is 12.5 Å². The van der Waals surface area contributed by atoms with Gasteiger partial charge in [0.25, 0.3) is 0 Å². The Morgan fingerprint density at radius 2 is 1.66 bits per heavy atom. The van der Waals surface area contributed by atoms with Crippen LogP contribution in [0.1, 0.15) is 23.5 Å². The molecule has 142 valence electrons. The van der Waals surface area contributed by atoms with Gasteiger partial charge in [0, 0.05) is 30.2 Å². The third kappa shape index (κ3) is 3.52. The maximum absolute atomic E-state index is 12.7. The predicted octanol–water partition coefficient (Wildman–Crippen LogP) is 5.32. The molecule has 1 aromatic heterocycles. The summed E-state index contributed by atoms with van der Waals surface area (Å²) in [6.45, 7) is 0.522. The summed E-state index contributed by atoms with van der Waals surface area (Å²) in [5, 5.41) is 5.39. The molecule has 1 saturated carbocycles. The number of carbonyl (C=O) groups excluding carboxylic acids is 1. The smallest absolute Gasteiger partial charge is 0.224 e. The fraction of sp³-hybridized carbons (Fsp3) is 0.154. The lowest BCUT2D eigenvalue weighted by Crippen LogP contribution is -2.25. The summed E-state index contributed by atoms with van der Waals surface area (Å²) in [5.74, 6) is 0.587. The number of carbonyl (C=O) groups is 1. The zero-order valence-corrected chi connectivity index (χ0v) is 16.1. The molecule has 3 nitrogen and oxygen atoms in total. The van der Waals surface area contributed by atoms with E-state index in [1.54, 1.807) is 0 Å². The second kappa shape index (κ2) is 7.51. The van der Waals surface area contributed by atoms with Crippen molar-refractivity contribution in [2.75, 3.05) is 0 Å². The molecule has 1 fully saturated rings. The zero-order valence-electron chi connectivity index (χ0n) is 16.1. The van der Waals surface area contributed by atoms with E-state index in [4.69, 9.17) is 0 Å². The Hall–Kier alpha value is -3.46. The Labute approximate surface area is 170 Å². The highest BCUT2D eigenvalue weighted by atomic mass is 16.2. The van der Waals surface area contributed by atoms with Crippen LogP contribution < -0.4 is 5.32 Å². The maximum Gasteiger partial charge on any atom is 0.224 e. The van der Waals surface area contributed by atoms with Crippen LogP contribution in [-0.2, 0) is 11.3 Å². The van der Waals surface area contributed by atoms with E-state index in [1.807, 2.05) is 36.7 Å². The molecule has 1 heterocycles. The number of nitrogens with zero attached hydrogens (tertiary/aromatic N) is 1. The Morgan fingerprint density at radius 3 is 2.45 bits per heavy atom. The van der Waals surface area contributed by atoms with Gasteiger partial charge in [0.15, 0.2) is 0 Å². The topological polar surface area (TPSA) is 42.0 Å². The summed E-state index contributed by atoms with van der Waals surface area (Å²) < 4.78 is 0. The fourth-order valence-corrected chi connectivity index (χ4v) is 4.14. The summed E-state index contributed by atoms with van der Waals surface area (Å²) in [4.78, 5) is 17.0. The Morgan fingerprint density at radius 1 is 0.897 bits per heavy atom. The van der Waals surface area contributed by atoms with Crippen molar-refractivity contribution >= 4 is 16.7 Å². The van der Waals surface area contributed by atoms with Crippen molar-refractivity contribution in [3.63, 3.8) is 0 Å². The van der Waals surface area contributed by atoms with Crippen molar-refractivity contribution < 1.29 is 4.79 Å². The van der Waals surface area contributed by atoms with Gasteiger partial charge >= 0.3 is 0 Å². The van der Waals surface area contributed by atoms with E-state index in [0.717, 1.165) is 22.8 Å². The van der Waals surface area contributed by atoms with E-state index < -0.39 is 0 Å². The summed E-state index contributed by atoms with van der Waals surface area (Å²) in [7, 11) is 0. The highest BCUT2D eigenvalue weighted by Crippen LogP contribution is 2.47. The number of amides is 1. The van der Waals surface area contributed by atoms with E-state index in [9.17, 15) is 4.79 Å². The molecule has 1 aliphatic rings. The molecule has 29 heavy (non-hydrogen) atoms. The van der Waals surface area contributed by atoms with Crippen LogP contribution in [0.15, 0.2) is 91.3 Å². The second-order valence-electron chi connectivity index (χ2n) is 7.64. The molecular formula is C26H22N2O. The Balaban J connectivity index is 1.35. The van der Waals surface area contributed by atoms with Crippen LogP contribution in [-0.4, -0.2) is 10.9 Å². The monoisotopic (exact) mass is 378 g/mol. The number of nitrogens with one attached hydrogen (secondary N) is 1. The summed E-state index contributed by atoms with van der Waals surface area (Å²) >= 11 is 0. The third-order valence-electron chi connectivity index (χ3n) is 5.80. The molecule has 1 aliphatic carbocycles. The SMILES string of the molecule is O=C(NCc1ccc(-c2ccccc2)c2ccncc12)[C@@H]1C[C@H]1c1ccccc1. The molecule has 3 heteroatoms. The number of benzene rings is 3. The van der Waals surface area contributed by atoms with Crippen LogP contribution in [0.5, 0.6) is 0 Å². The molecular weight excluding hydrogens is 356 g/mol. The largest absolute Gasteiger partial charge is 0.352 e. The Kier molecular flexibility index (Phi) is 4.57. The Bertz CT molecular complexity index is 1160. The first kappa shape index (κ1) is 17.6. The summed E-state index contributed by atoms with van der Waals surface area (Å²) in [6, 6.07) is 27.0.